The summed E-state index contributed by atoms with van der Waals surface area (Å²) in [6, 6.07) is 0. The minimum Gasteiger partial charge on any atom is -0.369 e. The van der Waals surface area contributed by atoms with E-state index in [9.17, 15) is 0 Å². The van der Waals surface area contributed by atoms with Gasteiger partial charge < -0.3 is 4.74 Å². The van der Waals surface area contributed by atoms with E-state index in [-0.39, 0.29) is 22.3 Å². The summed E-state index contributed by atoms with van der Waals surface area (Å²) in [4.78, 5) is 2.53. The van der Waals surface area contributed by atoms with Crippen LogP contribution in [0.1, 0.15) is 67.2 Å². The minimum atomic E-state index is 0.0715. The lowest BCUT2D eigenvalue weighted by atomic mass is 9.70. The van der Waals surface area contributed by atoms with E-state index in [2.05, 4.69) is 53.5 Å². The number of rotatable bonds is 0. The van der Waals surface area contributed by atoms with Crippen LogP contribution in [0.3, 0.4) is 0 Å². The fourth-order valence-corrected chi connectivity index (χ4v) is 4.16. The topological polar surface area (TPSA) is 12.5 Å². The molecule has 0 bridgehead atoms. The van der Waals surface area contributed by atoms with E-state index in [1.807, 2.05) is 0 Å². The molecule has 0 aromatic rings. The van der Waals surface area contributed by atoms with E-state index in [4.69, 9.17) is 4.74 Å². The summed E-state index contributed by atoms with van der Waals surface area (Å²) >= 11 is 0. The molecular formula is C15H29NO. The summed E-state index contributed by atoms with van der Waals surface area (Å²) in [6.07, 6.45) is 4.73. The van der Waals surface area contributed by atoms with Crippen molar-refractivity contribution in [1.82, 2.24) is 4.90 Å². The molecule has 2 fully saturated rings. The van der Waals surface area contributed by atoms with E-state index in [1.54, 1.807) is 0 Å². The van der Waals surface area contributed by atoms with Crippen LogP contribution in [0.25, 0.3) is 0 Å². The van der Waals surface area contributed by atoms with Gasteiger partial charge in [-0.15, -0.1) is 0 Å². The molecule has 0 saturated carbocycles. The van der Waals surface area contributed by atoms with Crippen LogP contribution in [0.5, 0.6) is 0 Å². The van der Waals surface area contributed by atoms with Gasteiger partial charge in [-0.05, 0) is 74.3 Å². The maximum atomic E-state index is 6.47. The molecule has 0 aromatic heterocycles. The Kier molecular flexibility index (Phi) is 2.73. The van der Waals surface area contributed by atoms with Crippen LogP contribution >= 0.6 is 0 Å². The fraction of sp³-hybridized carbons (Fsp3) is 1.00. The van der Waals surface area contributed by atoms with Crippen LogP contribution in [-0.4, -0.2) is 34.2 Å². The van der Waals surface area contributed by atoms with Crippen LogP contribution in [0.4, 0.5) is 0 Å². The first-order valence-corrected chi connectivity index (χ1v) is 6.92. The molecule has 2 heterocycles. The highest BCUT2D eigenvalue weighted by Gasteiger charge is 2.55. The van der Waals surface area contributed by atoms with E-state index in [0.29, 0.717) is 0 Å². The van der Waals surface area contributed by atoms with Crippen molar-refractivity contribution in [3.8, 4) is 0 Å². The fourth-order valence-electron chi connectivity index (χ4n) is 4.16. The van der Waals surface area contributed by atoms with Gasteiger partial charge in [-0.25, -0.2) is 0 Å². The van der Waals surface area contributed by atoms with E-state index in [0.717, 1.165) is 12.8 Å². The Morgan fingerprint density at radius 3 is 1.65 bits per heavy atom. The van der Waals surface area contributed by atoms with Crippen molar-refractivity contribution in [2.24, 2.45) is 0 Å². The SMILES string of the molecule is CN1C(C)(C)CC2(CCC(C)(C)O2)CC1(C)C. The lowest BCUT2D eigenvalue weighted by molar-refractivity contribution is -0.168. The normalized spacial score (nSPS) is 34.1. The highest BCUT2D eigenvalue weighted by atomic mass is 16.5. The number of nitrogens with zero attached hydrogens (tertiary/aromatic N) is 1. The second-order valence-electron chi connectivity index (χ2n) is 8.08. The second-order valence-corrected chi connectivity index (χ2v) is 8.08. The third kappa shape index (κ3) is 2.26. The van der Waals surface area contributed by atoms with Crippen molar-refractivity contribution >= 4 is 0 Å². The lowest BCUT2D eigenvalue weighted by Crippen LogP contribution is -2.64. The Balaban J connectivity index is 2.28. The van der Waals surface area contributed by atoms with Gasteiger partial charge in [0, 0.05) is 11.1 Å². The predicted octanol–water partition coefficient (Wildman–Crippen LogP) is 3.60. The molecule has 0 aromatic carbocycles. The maximum Gasteiger partial charge on any atom is 0.0725 e. The van der Waals surface area contributed by atoms with Gasteiger partial charge in [-0.3, -0.25) is 4.90 Å². The van der Waals surface area contributed by atoms with Gasteiger partial charge in [0.2, 0.25) is 0 Å². The van der Waals surface area contributed by atoms with Crippen LogP contribution in [-0.2, 0) is 4.74 Å². The van der Waals surface area contributed by atoms with Gasteiger partial charge in [-0.1, -0.05) is 0 Å². The van der Waals surface area contributed by atoms with Crippen molar-refractivity contribution in [1.29, 1.82) is 0 Å². The van der Waals surface area contributed by atoms with Crippen molar-refractivity contribution in [3.63, 3.8) is 0 Å². The molecule has 0 atom stereocenters. The monoisotopic (exact) mass is 239 g/mol. The molecule has 2 saturated heterocycles. The molecule has 100 valence electrons. The number of ether oxygens (including phenoxy) is 1. The molecule has 0 amide bonds. The Hall–Kier alpha value is -0.0800. The molecule has 1 spiro atoms. The first kappa shape index (κ1) is 13.4. The van der Waals surface area contributed by atoms with Gasteiger partial charge in [0.05, 0.1) is 11.2 Å². The highest BCUT2D eigenvalue weighted by molar-refractivity contribution is 5.09. The molecule has 2 aliphatic rings. The summed E-state index contributed by atoms with van der Waals surface area (Å²) < 4.78 is 6.47. The van der Waals surface area contributed by atoms with E-state index >= 15 is 0 Å². The lowest BCUT2D eigenvalue weighted by Gasteiger charge is -2.57. The van der Waals surface area contributed by atoms with E-state index in [1.165, 1.54) is 12.8 Å². The Morgan fingerprint density at radius 2 is 1.29 bits per heavy atom. The van der Waals surface area contributed by atoms with Crippen LogP contribution < -0.4 is 0 Å². The molecule has 2 heteroatoms. The van der Waals surface area contributed by atoms with Gasteiger partial charge in [-0.2, -0.15) is 0 Å². The third-order valence-corrected chi connectivity index (χ3v) is 5.00. The van der Waals surface area contributed by atoms with Crippen molar-refractivity contribution in [2.45, 2.75) is 89.5 Å². The average molecular weight is 239 g/mol. The molecule has 17 heavy (non-hydrogen) atoms. The van der Waals surface area contributed by atoms with Gasteiger partial charge in [0.1, 0.15) is 0 Å². The molecule has 2 nitrogen and oxygen atoms in total. The van der Waals surface area contributed by atoms with Crippen molar-refractivity contribution < 1.29 is 4.74 Å². The highest BCUT2D eigenvalue weighted by Crippen LogP contribution is 2.52. The average Bonchev–Trinajstić information content (AvgIpc) is 2.36. The number of piperidine rings is 1. The maximum absolute atomic E-state index is 6.47. The smallest absolute Gasteiger partial charge is 0.0725 e. The van der Waals surface area contributed by atoms with Gasteiger partial charge in [0.15, 0.2) is 0 Å². The van der Waals surface area contributed by atoms with Gasteiger partial charge >= 0.3 is 0 Å². The summed E-state index contributed by atoms with van der Waals surface area (Å²) in [5, 5.41) is 0. The zero-order valence-corrected chi connectivity index (χ0v) is 12.7. The predicted molar refractivity (Wildman–Crippen MR) is 72.3 cm³/mol. The van der Waals surface area contributed by atoms with Crippen LogP contribution in [0.15, 0.2) is 0 Å². The summed E-state index contributed by atoms with van der Waals surface area (Å²) in [5.74, 6) is 0. The molecule has 0 unspecified atom stereocenters. The molecule has 2 rings (SSSR count). The molecular weight excluding hydrogens is 210 g/mol. The zero-order valence-electron chi connectivity index (χ0n) is 12.7. The number of likely N-dealkylation sites (tertiary alicyclic amines) is 1. The molecule has 0 aliphatic carbocycles. The Labute approximate surface area is 107 Å². The first-order valence-electron chi connectivity index (χ1n) is 6.92. The summed E-state index contributed by atoms with van der Waals surface area (Å²) in [6.45, 7) is 13.9. The third-order valence-electron chi connectivity index (χ3n) is 5.00. The number of hydrogen-bond acceptors (Lipinski definition) is 2. The van der Waals surface area contributed by atoms with Crippen molar-refractivity contribution in [2.75, 3.05) is 7.05 Å². The van der Waals surface area contributed by atoms with Crippen LogP contribution in [0, 0.1) is 0 Å². The van der Waals surface area contributed by atoms with Crippen LogP contribution in [0.2, 0.25) is 0 Å². The molecule has 0 N–H and O–H groups in total. The quantitative estimate of drug-likeness (QED) is 0.640. The summed E-state index contributed by atoms with van der Waals surface area (Å²) in [7, 11) is 2.26. The molecule has 2 aliphatic heterocycles. The van der Waals surface area contributed by atoms with E-state index < -0.39 is 0 Å². The largest absolute Gasteiger partial charge is 0.369 e. The van der Waals surface area contributed by atoms with Crippen molar-refractivity contribution in [3.05, 3.63) is 0 Å². The second kappa shape index (κ2) is 3.48. The number of hydrogen-bond donors (Lipinski definition) is 0. The van der Waals surface area contributed by atoms with Gasteiger partial charge in [0.25, 0.3) is 0 Å². The Bertz CT molecular complexity index is 299. The first-order chi connectivity index (χ1) is 7.48. The summed E-state index contributed by atoms with van der Waals surface area (Å²) in [5.41, 5.74) is 0.634. The standard InChI is InChI=1S/C15H29NO/c1-12(2)10-15(9-8-14(5,6)17-15)11-13(3,4)16(12)7/h8-11H2,1-7H3. The zero-order chi connectivity index (χ0) is 13.1. The molecule has 0 radical (unpaired) electrons. The minimum absolute atomic E-state index is 0.0715. The Morgan fingerprint density at radius 1 is 0.824 bits per heavy atom.